The molecule has 0 unspecified atom stereocenters. The highest BCUT2D eigenvalue weighted by Crippen LogP contribution is 2.44. The summed E-state index contributed by atoms with van der Waals surface area (Å²) in [6.45, 7) is 6.13. The Labute approximate surface area is 199 Å². The van der Waals surface area contributed by atoms with Crippen LogP contribution in [0.25, 0.3) is 11.1 Å². The molecule has 0 spiro atoms. The summed E-state index contributed by atoms with van der Waals surface area (Å²) >= 11 is 0. The van der Waals surface area contributed by atoms with Gasteiger partial charge in [0.05, 0.1) is 0 Å². The SMILES string of the molecule is CC(C)(C)Oc1ccc(C[C@@H](N=C=O)NC(=O)OCC2c3ccccc3-c3ccccc32)cc1. The van der Waals surface area contributed by atoms with Gasteiger partial charge in [-0.3, -0.25) is 5.32 Å². The lowest BCUT2D eigenvalue weighted by atomic mass is 9.98. The molecule has 0 fully saturated rings. The van der Waals surface area contributed by atoms with E-state index in [4.69, 9.17) is 9.47 Å². The van der Waals surface area contributed by atoms with Crippen molar-refractivity contribution in [2.24, 2.45) is 4.99 Å². The number of hydrogen-bond donors (Lipinski definition) is 1. The van der Waals surface area contributed by atoms with Crippen LogP contribution in [0.2, 0.25) is 0 Å². The second-order valence-electron chi connectivity index (χ2n) is 9.27. The van der Waals surface area contributed by atoms with E-state index in [2.05, 4.69) is 34.6 Å². The molecule has 0 bridgehead atoms. The molecule has 6 heteroatoms. The lowest BCUT2D eigenvalue weighted by Gasteiger charge is -2.21. The number of rotatable bonds is 7. The van der Waals surface area contributed by atoms with Gasteiger partial charge in [-0.15, -0.1) is 0 Å². The lowest BCUT2D eigenvalue weighted by Crippen LogP contribution is -2.36. The van der Waals surface area contributed by atoms with Gasteiger partial charge in [0.2, 0.25) is 6.08 Å². The van der Waals surface area contributed by atoms with Gasteiger partial charge in [0.15, 0.2) is 0 Å². The van der Waals surface area contributed by atoms with Crippen molar-refractivity contribution in [1.82, 2.24) is 5.32 Å². The zero-order valence-corrected chi connectivity index (χ0v) is 19.6. The van der Waals surface area contributed by atoms with Gasteiger partial charge in [-0.1, -0.05) is 60.7 Å². The molecule has 0 aromatic heterocycles. The first-order valence-electron chi connectivity index (χ1n) is 11.3. The molecule has 4 rings (SSSR count). The molecular weight excluding hydrogens is 428 g/mol. The molecule has 1 aliphatic rings. The highest BCUT2D eigenvalue weighted by Gasteiger charge is 2.29. The number of hydrogen-bond acceptors (Lipinski definition) is 5. The zero-order chi connectivity index (χ0) is 24.1. The van der Waals surface area contributed by atoms with Gasteiger partial charge in [0.1, 0.15) is 24.1 Å². The Morgan fingerprint density at radius 3 is 2.12 bits per heavy atom. The van der Waals surface area contributed by atoms with Crippen LogP contribution in [0.1, 0.15) is 43.4 Å². The van der Waals surface area contributed by atoms with Crippen LogP contribution in [0.4, 0.5) is 4.79 Å². The molecular formula is C28H28N2O4. The summed E-state index contributed by atoms with van der Waals surface area (Å²) in [7, 11) is 0. The first-order chi connectivity index (χ1) is 16.3. The van der Waals surface area contributed by atoms with Crippen molar-refractivity contribution in [3.8, 4) is 16.9 Å². The smallest absolute Gasteiger partial charge is 0.408 e. The summed E-state index contributed by atoms with van der Waals surface area (Å²) in [4.78, 5) is 27.2. The van der Waals surface area contributed by atoms with Gasteiger partial charge in [0.25, 0.3) is 0 Å². The quantitative estimate of drug-likeness (QED) is 0.370. The number of alkyl carbamates (subject to hydrolysis) is 1. The maximum absolute atomic E-state index is 12.6. The zero-order valence-electron chi connectivity index (χ0n) is 19.6. The number of nitrogens with zero attached hydrogens (tertiary/aromatic N) is 1. The predicted molar refractivity (Wildman–Crippen MR) is 131 cm³/mol. The molecule has 0 aliphatic heterocycles. The Morgan fingerprint density at radius 2 is 1.56 bits per heavy atom. The molecule has 1 N–H and O–H groups in total. The van der Waals surface area contributed by atoms with E-state index in [1.165, 1.54) is 6.08 Å². The van der Waals surface area contributed by atoms with Gasteiger partial charge in [-0.05, 0) is 60.7 Å². The summed E-state index contributed by atoms with van der Waals surface area (Å²) < 4.78 is 11.4. The maximum atomic E-state index is 12.6. The van der Waals surface area contributed by atoms with E-state index in [0.717, 1.165) is 33.6 Å². The first kappa shape index (κ1) is 23.3. The van der Waals surface area contributed by atoms with Crippen LogP contribution in [0.3, 0.4) is 0 Å². The average molecular weight is 457 g/mol. The molecule has 1 amide bonds. The molecule has 0 radical (unpaired) electrons. The second-order valence-corrected chi connectivity index (χ2v) is 9.27. The van der Waals surface area contributed by atoms with Gasteiger partial charge < -0.3 is 9.47 Å². The average Bonchev–Trinajstić information content (AvgIpc) is 3.12. The summed E-state index contributed by atoms with van der Waals surface area (Å²) in [5.74, 6) is 0.706. The minimum Gasteiger partial charge on any atom is -0.488 e. The number of benzene rings is 3. The van der Waals surface area contributed by atoms with Crippen LogP contribution in [0.5, 0.6) is 5.75 Å². The van der Waals surface area contributed by atoms with E-state index < -0.39 is 12.3 Å². The third-order valence-corrected chi connectivity index (χ3v) is 5.61. The van der Waals surface area contributed by atoms with Gasteiger partial charge in [0, 0.05) is 12.3 Å². The number of carbonyl (C=O) groups is 1. The van der Waals surface area contributed by atoms with E-state index in [0.29, 0.717) is 6.42 Å². The molecule has 1 atom stereocenters. The predicted octanol–water partition coefficient (Wildman–Crippen LogP) is 5.61. The van der Waals surface area contributed by atoms with Gasteiger partial charge in [-0.25, -0.2) is 9.59 Å². The Balaban J connectivity index is 1.38. The molecule has 0 heterocycles. The van der Waals surface area contributed by atoms with E-state index in [9.17, 15) is 9.59 Å². The normalized spacial score (nSPS) is 13.3. The van der Waals surface area contributed by atoms with Crippen LogP contribution in [0.15, 0.2) is 77.8 Å². The molecule has 3 aromatic carbocycles. The number of isocyanates is 1. The summed E-state index contributed by atoms with van der Waals surface area (Å²) in [5.41, 5.74) is 5.19. The third kappa shape index (κ3) is 5.53. The van der Waals surface area contributed by atoms with Gasteiger partial charge in [-0.2, -0.15) is 4.99 Å². The number of amides is 1. The molecule has 174 valence electrons. The minimum absolute atomic E-state index is 0.0402. The highest BCUT2D eigenvalue weighted by molar-refractivity contribution is 5.79. The van der Waals surface area contributed by atoms with Crippen molar-refractivity contribution in [3.63, 3.8) is 0 Å². The standard InChI is InChI=1S/C28H28N2O4/c1-28(2,3)34-20-14-12-19(13-15-20)16-26(29-18-31)30-27(32)33-17-25-23-10-6-4-8-21(23)22-9-5-7-11-24(22)25/h4-15,25-26H,16-17H2,1-3H3,(H,30,32)/t26-/m0/s1. The second kappa shape index (κ2) is 9.94. The Hall–Kier alpha value is -3.89. The van der Waals surface area contributed by atoms with E-state index in [1.54, 1.807) is 0 Å². The molecule has 34 heavy (non-hydrogen) atoms. The van der Waals surface area contributed by atoms with Crippen LogP contribution < -0.4 is 10.1 Å². The molecule has 0 saturated carbocycles. The number of aliphatic imine (C=N–C) groups is 1. The largest absolute Gasteiger partial charge is 0.488 e. The van der Waals surface area contributed by atoms with Crippen molar-refractivity contribution in [3.05, 3.63) is 89.5 Å². The van der Waals surface area contributed by atoms with E-state index >= 15 is 0 Å². The van der Waals surface area contributed by atoms with E-state index in [1.807, 2.05) is 69.3 Å². The maximum Gasteiger partial charge on any atom is 0.408 e. The fourth-order valence-corrected chi connectivity index (χ4v) is 4.24. The lowest BCUT2D eigenvalue weighted by molar-refractivity contribution is 0.131. The van der Waals surface area contributed by atoms with Crippen LogP contribution in [-0.2, 0) is 16.0 Å². The van der Waals surface area contributed by atoms with Crippen molar-refractivity contribution < 1.29 is 19.1 Å². The van der Waals surface area contributed by atoms with Gasteiger partial charge >= 0.3 is 6.09 Å². The van der Waals surface area contributed by atoms with Crippen LogP contribution in [-0.4, -0.2) is 30.5 Å². The third-order valence-electron chi connectivity index (χ3n) is 5.61. The topological polar surface area (TPSA) is 77.0 Å². The van der Waals surface area contributed by atoms with Crippen molar-refractivity contribution in [2.75, 3.05) is 6.61 Å². The fourth-order valence-electron chi connectivity index (χ4n) is 4.24. The first-order valence-corrected chi connectivity index (χ1v) is 11.3. The minimum atomic E-state index is -0.775. The van der Waals surface area contributed by atoms with Crippen molar-refractivity contribution in [2.45, 2.75) is 44.9 Å². The number of ether oxygens (including phenoxy) is 2. The Morgan fingerprint density at radius 1 is 0.971 bits per heavy atom. The summed E-state index contributed by atoms with van der Waals surface area (Å²) in [6.07, 6.45) is 0.466. The molecule has 1 aliphatic carbocycles. The van der Waals surface area contributed by atoms with E-state index in [-0.39, 0.29) is 18.1 Å². The monoisotopic (exact) mass is 456 g/mol. The van der Waals surface area contributed by atoms with Crippen LogP contribution in [0, 0.1) is 0 Å². The number of fused-ring (bicyclic) bond motifs is 3. The van der Waals surface area contributed by atoms with Crippen molar-refractivity contribution >= 4 is 12.2 Å². The number of nitrogens with one attached hydrogen (secondary N) is 1. The summed E-state index contributed by atoms with van der Waals surface area (Å²) in [6, 6.07) is 23.8. The fraction of sp³-hybridized carbons (Fsp3) is 0.286. The molecule has 3 aromatic rings. The summed E-state index contributed by atoms with van der Waals surface area (Å²) in [5, 5.41) is 2.67. The molecule has 6 nitrogen and oxygen atoms in total. The highest BCUT2D eigenvalue weighted by atomic mass is 16.5. The van der Waals surface area contributed by atoms with Crippen molar-refractivity contribution in [1.29, 1.82) is 0 Å². The Kier molecular flexibility index (Phi) is 6.80. The van der Waals surface area contributed by atoms with Crippen LogP contribution >= 0.6 is 0 Å². The Bertz CT molecular complexity index is 1160. The number of carbonyl (C=O) groups excluding carboxylic acids is 2. The molecule has 0 saturated heterocycles.